The summed E-state index contributed by atoms with van der Waals surface area (Å²) in [6.45, 7) is 3.75. The van der Waals surface area contributed by atoms with E-state index in [0.29, 0.717) is 18.8 Å². The van der Waals surface area contributed by atoms with Gasteiger partial charge in [-0.25, -0.2) is 4.98 Å². The first-order chi connectivity index (χ1) is 15.5. The van der Waals surface area contributed by atoms with Gasteiger partial charge in [0.2, 0.25) is 0 Å². The van der Waals surface area contributed by atoms with Crippen LogP contribution in [0.1, 0.15) is 6.92 Å². The number of ether oxygens (including phenoxy) is 1. The molecule has 0 atom stereocenters. The number of allylic oxidation sites excluding steroid dienone is 3. The fourth-order valence-corrected chi connectivity index (χ4v) is 3.24. The number of oxime groups is 1. The Balaban J connectivity index is 1.81. The van der Waals surface area contributed by atoms with Crippen LogP contribution in [0.5, 0.6) is 0 Å². The fourth-order valence-electron chi connectivity index (χ4n) is 2.89. The van der Waals surface area contributed by atoms with Gasteiger partial charge in [-0.15, -0.1) is 0 Å². The van der Waals surface area contributed by atoms with E-state index in [1.54, 1.807) is 10.7 Å². The van der Waals surface area contributed by atoms with Crippen molar-refractivity contribution in [2.75, 3.05) is 39.1 Å². The van der Waals surface area contributed by atoms with Crippen LogP contribution in [0.15, 0.2) is 75.7 Å². The van der Waals surface area contributed by atoms with Crippen LogP contribution >= 0.6 is 15.9 Å². The standard InChI is InChI=1S/C23H27BrN6O2/c1-17(32-12-11-29(2)3)9-10-18(15-27-31)14-25-22-13-21(19-7-5-4-6-8-19)28-23-20(24)16-26-30(22)23/h4-10,13,15-16,25,31H,11-12,14H2,1-3H3/b17-9+,18-10-,27-15+. The van der Waals surface area contributed by atoms with E-state index in [1.807, 2.05) is 69.6 Å². The predicted molar refractivity (Wildman–Crippen MR) is 131 cm³/mol. The fraction of sp³-hybridized carbons (Fsp3) is 0.261. The van der Waals surface area contributed by atoms with Crippen molar-refractivity contribution in [1.29, 1.82) is 0 Å². The summed E-state index contributed by atoms with van der Waals surface area (Å²) in [6.07, 6.45) is 6.82. The molecule has 0 spiro atoms. The van der Waals surface area contributed by atoms with Gasteiger partial charge in [0.1, 0.15) is 12.4 Å². The van der Waals surface area contributed by atoms with Crippen LogP contribution in [0.4, 0.5) is 5.82 Å². The van der Waals surface area contributed by atoms with Gasteiger partial charge in [0.05, 0.1) is 28.3 Å². The maximum atomic E-state index is 9.08. The molecule has 168 valence electrons. The average Bonchev–Trinajstić information content (AvgIpc) is 3.16. The summed E-state index contributed by atoms with van der Waals surface area (Å²) in [6, 6.07) is 11.9. The molecule has 0 aliphatic heterocycles. The lowest BCUT2D eigenvalue weighted by Gasteiger charge is -2.12. The highest BCUT2D eigenvalue weighted by Crippen LogP contribution is 2.25. The zero-order chi connectivity index (χ0) is 22.9. The molecule has 3 aromatic rings. The second-order valence-corrected chi connectivity index (χ2v) is 8.24. The molecule has 0 bridgehead atoms. The second kappa shape index (κ2) is 11.4. The molecule has 1 aromatic carbocycles. The quantitative estimate of drug-likeness (QED) is 0.141. The van der Waals surface area contributed by atoms with Crippen molar-refractivity contribution in [1.82, 2.24) is 19.5 Å². The van der Waals surface area contributed by atoms with Crippen molar-refractivity contribution in [2.24, 2.45) is 5.16 Å². The number of aromatic nitrogens is 3. The number of halogens is 1. The summed E-state index contributed by atoms with van der Waals surface area (Å²) in [5, 5.41) is 20.0. The molecular weight excluding hydrogens is 472 g/mol. The smallest absolute Gasteiger partial charge is 0.172 e. The van der Waals surface area contributed by atoms with Crippen LogP contribution in [0.3, 0.4) is 0 Å². The summed E-state index contributed by atoms with van der Waals surface area (Å²) in [4.78, 5) is 6.79. The number of hydrogen-bond acceptors (Lipinski definition) is 7. The van der Waals surface area contributed by atoms with E-state index in [4.69, 9.17) is 14.9 Å². The molecule has 0 unspecified atom stereocenters. The Bertz CT molecular complexity index is 1120. The molecule has 0 fully saturated rings. The van der Waals surface area contributed by atoms with E-state index in [2.05, 4.69) is 36.4 Å². The van der Waals surface area contributed by atoms with Gasteiger partial charge in [-0.3, -0.25) is 0 Å². The van der Waals surface area contributed by atoms with E-state index in [9.17, 15) is 0 Å². The summed E-state index contributed by atoms with van der Waals surface area (Å²) in [7, 11) is 4.00. The molecule has 0 radical (unpaired) electrons. The molecule has 2 N–H and O–H groups in total. The molecule has 2 heterocycles. The monoisotopic (exact) mass is 498 g/mol. The average molecular weight is 499 g/mol. The molecule has 0 aliphatic rings. The second-order valence-electron chi connectivity index (χ2n) is 7.39. The molecular formula is C23H27BrN6O2. The Hall–Kier alpha value is -3.17. The minimum absolute atomic E-state index is 0.413. The van der Waals surface area contributed by atoms with Crippen LogP contribution in [-0.4, -0.2) is 64.7 Å². The Kier molecular flexibility index (Phi) is 8.41. The Morgan fingerprint density at radius 3 is 2.78 bits per heavy atom. The number of benzene rings is 1. The summed E-state index contributed by atoms with van der Waals surface area (Å²) in [5.41, 5.74) is 3.31. The number of nitrogens with zero attached hydrogens (tertiary/aromatic N) is 5. The van der Waals surface area contributed by atoms with Crippen molar-refractivity contribution < 1.29 is 9.94 Å². The lowest BCUT2D eigenvalue weighted by atomic mass is 10.1. The zero-order valence-corrected chi connectivity index (χ0v) is 20.0. The first-order valence-corrected chi connectivity index (χ1v) is 10.9. The number of fused-ring (bicyclic) bond motifs is 1. The number of hydrogen-bond donors (Lipinski definition) is 2. The molecule has 9 heteroatoms. The number of nitrogens with one attached hydrogen (secondary N) is 1. The molecule has 3 rings (SSSR count). The van der Waals surface area contributed by atoms with E-state index in [-0.39, 0.29) is 0 Å². The molecule has 2 aromatic heterocycles. The van der Waals surface area contributed by atoms with E-state index in [0.717, 1.165) is 39.4 Å². The third-order valence-corrected chi connectivity index (χ3v) is 5.16. The normalized spacial score (nSPS) is 12.8. The first-order valence-electron chi connectivity index (χ1n) is 10.1. The lowest BCUT2D eigenvalue weighted by Crippen LogP contribution is -2.17. The lowest BCUT2D eigenvalue weighted by molar-refractivity contribution is 0.185. The van der Waals surface area contributed by atoms with Crippen LogP contribution < -0.4 is 5.32 Å². The van der Waals surface area contributed by atoms with Crippen molar-refractivity contribution in [3.8, 4) is 11.3 Å². The van der Waals surface area contributed by atoms with Crippen LogP contribution in [0.2, 0.25) is 0 Å². The topological polar surface area (TPSA) is 87.3 Å². The third-order valence-electron chi connectivity index (χ3n) is 4.60. The van der Waals surface area contributed by atoms with E-state index < -0.39 is 0 Å². The van der Waals surface area contributed by atoms with Crippen LogP contribution in [0.25, 0.3) is 16.9 Å². The largest absolute Gasteiger partial charge is 0.497 e. The third kappa shape index (κ3) is 6.41. The van der Waals surface area contributed by atoms with E-state index in [1.165, 1.54) is 6.21 Å². The van der Waals surface area contributed by atoms with E-state index >= 15 is 0 Å². The van der Waals surface area contributed by atoms with Crippen molar-refractivity contribution >= 4 is 33.6 Å². The number of anilines is 1. The van der Waals surface area contributed by atoms with Gasteiger partial charge in [0, 0.05) is 24.7 Å². The van der Waals surface area contributed by atoms with Gasteiger partial charge >= 0.3 is 0 Å². The first kappa shape index (κ1) is 23.5. The van der Waals surface area contributed by atoms with Gasteiger partial charge in [-0.2, -0.15) is 9.61 Å². The minimum Gasteiger partial charge on any atom is -0.497 e. The van der Waals surface area contributed by atoms with Gasteiger partial charge in [0.25, 0.3) is 0 Å². The maximum absolute atomic E-state index is 9.08. The Labute approximate surface area is 196 Å². The summed E-state index contributed by atoms with van der Waals surface area (Å²) < 4.78 is 8.23. The van der Waals surface area contributed by atoms with Crippen LogP contribution in [-0.2, 0) is 4.74 Å². The van der Waals surface area contributed by atoms with Gasteiger partial charge in [-0.05, 0) is 48.6 Å². The molecule has 0 aliphatic carbocycles. The van der Waals surface area contributed by atoms with Gasteiger partial charge in [-0.1, -0.05) is 41.6 Å². The summed E-state index contributed by atoms with van der Waals surface area (Å²) >= 11 is 3.52. The van der Waals surface area contributed by atoms with Gasteiger partial charge < -0.3 is 20.2 Å². The maximum Gasteiger partial charge on any atom is 0.172 e. The van der Waals surface area contributed by atoms with Gasteiger partial charge in [0.15, 0.2) is 5.65 Å². The highest BCUT2D eigenvalue weighted by atomic mass is 79.9. The minimum atomic E-state index is 0.413. The predicted octanol–water partition coefficient (Wildman–Crippen LogP) is 4.44. The molecule has 0 amide bonds. The SMILES string of the molecule is C\C(=C/C=C(\C=N\O)CNc1cc(-c2ccccc2)nc2c(Br)cnn12)OCCN(C)C. The molecule has 0 saturated carbocycles. The van der Waals surface area contributed by atoms with Crippen molar-refractivity contribution in [3.05, 3.63) is 70.6 Å². The molecule has 8 nitrogen and oxygen atoms in total. The zero-order valence-electron chi connectivity index (χ0n) is 18.4. The summed E-state index contributed by atoms with van der Waals surface area (Å²) in [5.74, 6) is 1.55. The van der Waals surface area contributed by atoms with Crippen LogP contribution in [0, 0.1) is 0 Å². The molecule has 0 saturated heterocycles. The van der Waals surface area contributed by atoms with Crippen molar-refractivity contribution in [3.63, 3.8) is 0 Å². The highest BCUT2D eigenvalue weighted by Gasteiger charge is 2.11. The highest BCUT2D eigenvalue weighted by molar-refractivity contribution is 9.10. The molecule has 32 heavy (non-hydrogen) atoms. The Morgan fingerprint density at radius 2 is 2.06 bits per heavy atom. The Morgan fingerprint density at radius 1 is 1.28 bits per heavy atom. The number of rotatable bonds is 10. The number of likely N-dealkylation sites (N-methyl/N-ethyl adjacent to an activating group) is 1. The van der Waals surface area contributed by atoms with Crippen molar-refractivity contribution in [2.45, 2.75) is 6.92 Å².